The highest BCUT2D eigenvalue weighted by molar-refractivity contribution is 7.17. The number of anilines is 2. The Balaban J connectivity index is 1.53. The smallest absolute Gasteiger partial charge is 0.249 e. The SMILES string of the molecule is CN(C)Cc1nc(NC2CCN(c3cnn(C)c3)C2=O)c2c(-c3ccccc3)csc2n1. The molecule has 1 aliphatic rings. The number of nitrogens with zero attached hydrogens (tertiary/aromatic N) is 6. The Morgan fingerprint density at radius 3 is 2.75 bits per heavy atom. The molecule has 0 aliphatic carbocycles. The predicted octanol–water partition coefficient (Wildman–Crippen LogP) is 3.37. The lowest BCUT2D eigenvalue weighted by atomic mass is 10.1. The molecule has 3 aromatic heterocycles. The summed E-state index contributed by atoms with van der Waals surface area (Å²) in [6.07, 6.45) is 4.29. The van der Waals surface area contributed by atoms with Gasteiger partial charge in [0.1, 0.15) is 22.5 Å². The van der Waals surface area contributed by atoms with Crippen molar-refractivity contribution in [2.75, 3.05) is 30.9 Å². The number of thiophene rings is 1. The molecule has 1 N–H and O–H groups in total. The summed E-state index contributed by atoms with van der Waals surface area (Å²) in [5, 5.41) is 10.8. The van der Waals surface area contributed by atoms with Crippen molar-refractivity contribution in [1.82, 2.24) is 24.6 Å². The van der Waals surface area contributed by atoms with E-state index in [1.165, 1.54) is 0 Å². The summed E-state index contributed by atoms with van der Waals surface area (Å²) in [5.74, 6) is 1.50. The maximum Gasteiger partial charge on any atom is 0.249 e. The lowest BCUT2D eigenvalue weighted by molar-refractivity contribution is -0.117. The molecule has 9 heteroatoms. The number of rotatable bonds is 6. The van der Waals surface area contributed by atoms with Crippen molar-refractivity contribution in [3.05, 3.63) is 53.9 Å². The van der Waals surface area contributed by atoms with E-state index in [1.54, 1.807) is 27.1 Å². The Kier molecular flexibility index (Phi) is 5.36. The first-order valence-electron chi connectivity index (χ1n) is 10.5. The number of hydrogen-bond donors (Lipinski definition) is 1. The maximum atomic E-state index is 13.2. The number of carbonyl (C=O) groups excluding carboxylic acids is 1. The van der Waals surface area contributed by atoms with Crippen LogP contribution < -0.4 is 10.2 Å². The maximum absolute atomic E-state index is 13.2. The quantitative estimate of drug-likeness (QED) is 0.488. The number of aryl methyl sites for hydroxylation is 1. The van der Waals surface area contributed by atoms with Gasteiger partial charge in [0.05, 0.1) is 23.8 Å². The van der Waals surface area contributed by atoms with E-state index >= 15 is 0 Å². The van der Waals surface area contributed by atoms with Crippen molar-refractivity contribution in [1.29, 1.82) is 0 Å². The average Bonchev–Trinajstić information content (AvgIpc) is 3.47. The molecular weight excluding hydrogens is 422 g/mol. The molecule has 1 amide bonds. The van der Waals surface area contributed by atoms with Crippen LogP contribution in [0.4, 0.5) is 11.5 Å². The predicted molar refractivity (Wildman–Crippen MR) is 128 cm³/mol. The number of amides is 1. The van der Waals surface area contributed by atoms with E-state index in [-0.39, 0.29) is 11.9 Å². The summed E-state index contributed by atoms with van der Waals surface area (Å²) in [7, 11) is 5.85. The summed E-state index contributed by atoms with van der Waals surface area (Å²) in [6.45, 7) is 1.28. The number of nitrogens with one attached hydrogen (secondary N) is 1. The van der Waals surface area contributed by atoms with E-state index in [9.17, 15) is 4.79 Å². The minimum absolute atomic E-state index is 0.0374. The molecule has 1 aromatic carbocycles. The van der Waals surface area contributed by atoms with Gasteiger partial charge in [0.25, 0.3) is 0 Å². The lowest BCUT2D eigenvalue weighted by Crippen LogP contribution is -2.33. The fourth-order valence-corrected chi connectivity index (χ4v) is 5.02. The van der Waals surface area contributed by atoms with Gasteiger partial charge < -0.3 is 15.1 Å². The minimum atomic E-state index is -0.343. The van der Waals surface area contributed by atoms with E-state index in [4.69, 9.17) is 9.97 Å². The van der Waals surface area contributed by atoms with Crippen molar-refractivity contribution in [2.24, 2.45) is 7.05 Å². The van der Waals surface area contributed by atoms with Crippen LogP contribution >= 0.6 is 11.3 Å². The number of hydrogen-bond acceptors (Lipinski definition) is 7. The first-order chi connectivity index (χ1) is 15.5. The van der Waals surface area contributed by atoms with Gasteiger partial charge in [0, 0.05) is 30.7 Å². The van der Waals surface area contributed by atoms with Gasteiger partial charge >= 0.3 is 0 Å². The van der Waals surface area contributed by atoms with Crippen molar-refractivity contribution in [2.45, 2.75) is 19.0 Å². The van der Waals surface area contributed by atoms with Gasteiger partial charge in [-0.2, -0.15) is 5.10 Å². The van der Waals surface area contributed by atoms with E-state index in [0.717, 1.165) is 38.7 Å². The van der Waals surface area contributed by atoms with E-state index in [2.05, 4.69) is 27.9 Å². The van der Waals surface area contributed by atoms with Gasteiger partial charge in [-0.05, 0) is 26.1 Å². The number of fused-ring (bicyclic) bond motifs is 1. The summed E-state index contributed by atoms with van der Waals surface area (Å²) < 4.78 is 1.71. The Morgan fingerprint density at radius 2 is 2.03 bits per heavy atom. The molecule has 8 nitrogen and oxygen atoms in total. The van der Waals surface area contributed by atoms with Crippen molar-refractivity contribution < 1.29 is 4.79 Å². The fraction of sp³-hybridized carbons (Fsp3) is 0.304. The van der Waals surface area contributed by atoms with Crippen LogP contribution in [0.15, 0.2) is 48.1 Å². The van der Waals surface area contributed by atoms with Gasteiger partial charge in [-0.15, -0.1) is 11.3 Å². The first kappa shape index (κ1) is 20.6. The molecule has 0 bridgehead atoms. The Hall–Kier alpha value is -3.30. The van der Waals surface area contributed by atoms with Crippen LogP contribution in [0, 0.1) is 0 Å². The molecule has 1 atom stereocenters. The normalized spacial score (nSPS) is 16.4. The second-order valence-corrected chi connectivity index (χ2v) is 9.13. The standard InChI is InChI=1S/C23H25N7OS/c1-28(2)13-19-26-21(20-17(14-32-22(20)27-19)15-7-5-4-6-8-15)25-18-9-10-30(23(18)31)16-11-24-29(3)12-16/h4-8,11-12,14,18H,9-10,13H2,1-3H3,(H,25,26,27). The van der Waals surface area contributed by atoms with Gasteiger partial charge in [0.2, 0.25) is 5.91 Å². The van der Waals surface area contributed by atoms with E-state index in [1.807, 2.05) is 50.4 Å². The molecule has 1 aliphatic heterocycles. The molecule has 0 radical (unpaired) electrons. The zero-order chi connectivity index (χ0) is 22.2. The van der Waals surface area contributed by atoms with Gasteiger partial charge in [-0.1, -0.05) is 30.3 Å². The van der Waals surface area contributed by atoms with Crippen LogP contribution in [-0.2, 0) is 18.4 Å². The molecular formula is C23H25N7OS. The summed E-state index contributed by atoms with van der Waals surface area (Å²) in [5.41, 5.74) is 3.02. The summed E-state index contributed by atoms with van der Waals surface area (Å²) >= 11 is 1.61. The van der Waals surface area contributed by atoms with Crippen LogP contribution in [0.1, 0.15) is 12.2 Å². The van der Waals surface area contributed by atoms with Crippen LogP contribution in [0.5, 0.6) is 0 Å². The van der Waals surface area contributed by atoms with Crippen molar-refractivity contribution >= 4 is 39.0 Å². The topological polar surface area (TPSA) is 79.2 Å². The van der Waals surface area contributed by atoms with Crippen molar-refractivity contribution in [3.63, 3.8) is 0 Å². The second-order valence-electron chi connectivity index (χ2n) is 8.27. The van der Waals surface area contributed by atoms with Gasteiger partial charge in [0.15, 0.2) is 0 Å². The molecule has 32 heavy (non-hydrogen) atoms. The highest BCUT2D eigenvalue weighted by Gasteiger charge is 2.34. The zero-order valence-corrected chi connectivity index (χ0v) is 19.1. The highest BCUT2D eigenvalue weighted by atomic mass is 32.1. The molecule has 1 unspecified atom stereocenters. The highest BCUT2D eigenvalue weighted by Crippen LogP contribution is 2.38. The molecule has 0 saturated carbocycles. The lowest BCUT2D eigenvalue weighted by Gasteiger charge is -2.17. The molecule has 4 heterocycles. The van der Waals surface area contributed by atoms with E-state index in [0.29, 0.717) is 19.5 Å². The third-order valence-corrected chi connectivity index (χ3v) is 6.41. The second kappa shape index (κ2) is 8.33. The van der Waals surface area contributed by atoms with Gasteiger partial charge in [-0.25, -0.2) is 9.97 Å². The minimum Gasteiger partial charge on any atom is -0.358 e. The Bertz CT molecular complexity index is 1260. The number of carbonyl (C=O) groups is 1. The monoisotopic (exact) mass is 447 g/mol. The van der Waals surface area contributed by atoms with E-state index < -0.39 is 0 Å². The average molecular weight is 448 g/mol. The third-order valence-electron chi connectivity index (χ3n) is 5.54. The third kappa shape index (κ3) is 3.85. The molecule has 4 aromatic rings. The van der Waals surface area contributed by atoms with Crippen molar-refractivity contribution in [3.8, 4) is 11.1 Å². The van der Waals surface area contributed by atoms with Gasteiger partial charge in [-0.3, -0.25) is 9.48 Å². The number of aromatic nitrogens is 4. The molecule has 164 valence electrons. The van der Waals surface area contributed by atoms with Crippen LogP contribution in [0.3, 0.4) is 0 Å². The molecule has 5 rings (SSSR count). The molecule has 1 fully saturated rings. The number of benzene rings is 1. The molecule has 1 saturated heterocycles. The fourth-order valence-electron chi connectivity index (χ4n) is 4.06. The van der Waals surface area contributed by atoms with Crippen LogP contribution in [-0.4, -0.2) is 57.2 Å². The van der Waals surface area contributed by atoms with Crippen LogP contribution in [0.2, 0.25) is 0 Å². The summed E-state index contributed by atoms with van der Waals surface area (Å²) in [4.78, 5) is 27.6. The largest absolute Gasteiger partial charge is 0.358 e. The van der Waals surface area contributed by atoms with Crippen LogP contribution in [0.25, 0.3) is 21.3 Å². The first-order valence-corrected chi connectivity index (χ1v) is 11.4. The molecule has 0 spiro atoms. The Morgan fingerprint density at radius 1 is 1.22 bits per heavy atom. The Labute approximate surface area is 190 Å². The zero-order valence-electron chi connectivity index (χ0n) is 18.3. The summed E-state index contributed by atoms with van der Waals surface area (Å²) in [6, 6.07) is 9.89.